The molecule has 0 saturated heterocycles. The van der Waals surface area contributed by atoms with Gasteiger partial charge in [-0.2, -0.15) is 0 Å². The first-order chi connectivity index (χ1) is 9.14. The van der Waals surface area contributed by atoms with Crippen LogP contribution < -0.4 is 11.1 Å². The van der Waals surface area contributed by atoms with Gasteiger partial charge in [-0.15, -0.1) is 0 Å². The second-order valence-corrected chi connectivity index (χ2v) is 5.64. The monoisotopic (exact) mass is 284 g/mol. The number of nitrogens with two attached hydrogens (primary N) is 1. The second kappa shape index (κ2) is 6.09. The molecule has 1 aromatic rings. The summed E-state index contributed by atoms with van der Waals surface area (Å²) in [5.74, 6) is -1.79. The van der Waals surface area contributed by atoms with Gasteiger partial charge < -0.3 is 21.3 Å². The van der Waals surface area contributed by atoms with Crippen LogP contribution in [0.3, 0.4) is 0 Å². The maximum Gasteiger partial charge on any atom is 0.340 e. The summed E-state index contributed by atoms with van der Waals surface area (Å²) in [6.45, 7) is 5.77. The minimum Gasteiger partial charge on any atom is -0.478 e. The first kappa shape index (κ1) is 16.2. The summed E-state index contributed by atoms with van der Waals surface area (Å²) in [7, 11) is 0. The van der Waals surface area contributed by atoms with E-state index in [1.54, 1.807) is 6.92 Å². The summed E-state index contributed by atoms with van der Waals surface area (Å²) in [6, 6.07) is 2.40. The largest absolute Gasteiger partial charge is 0.478 e. The fraction of sp³-hybridized carbons (Fsp3) is 0.500. The summed E-state index contributed by atoms with van der Waals surface area (Å²) in [5.41, 5.74) is 3.92. The minimum absolute atomic E-state index is 0.149. The number of rotatable bonds is 6. The second-order valence-electron chi connectivity index (χ2n) is 5.64. The molecule has 0 spiro atoms. The van der Waals surface area contributed by atoms with Gasteiger partial charge in [0.25, 0.3) is 0 Å². The van der Waals surface area contributed by atoms with E-state index in [4.69, 9.17) is 10.8 Å². The van der Waals surface area contributed by atoms with Crippen molar-refractivity contribution in [3.8, 4) is 0 Å². The third kappa shape index (κ3) is 4.09. The smallest absolute Gasteiger partial charge is 0.340 e. The van der Waals surface area contributed by atoms with Gasteiger partial charge in [-0.25, -0.2) is 9.18 Å². The summed E-state index contributed by atoms with van der Waals surface area (Å²) < 4.78 is 13.3. The molecule has 0 heterocycles. The van der Waals surface area contributed by atoms with Crippen molar-refractivity contribution in [3.63, 3.8) is 0 Å². The van der Waals surface area contributed by atoms with Gasteiger partial charge >= 0.3 is 5.97 Å². The number of hydrogen-bond donors (Lipinski definition) is 4. The van der Waals surface area contributed by atoms with Crippen LogP contribution in [0.5, 0.6) is 0 Å². The van der Waals surface area contributed by atoms with E-state index in [1.807, 2.05) is 13.8 Å². The average molecular weight is 284 g/mol. The zero-order valence-electron chi connectivity index (χ0n) is 11.9. The lowest BCUT2D eigenvalue weighted by molar-refractivity contribution is 0.0513. The molecule has 0 bridgehead atoms. The maximum absolute atomic E-state index is 13.3. The van der Waals surface area contributed by atoms with E-state index in [2.05, 4.69) is 5.32 Å². The number of anilines is 2. The third-order valence-corrected chi connectivity index (χ3v) is 2.91. The molecular weight excluding hydrogens is 263 g/mol. The van der Waals surface area contributed by atoms with Crippen LogP contribution in [0.2, 0.25) is 0 Å². The van der Waals surface area contributed by atoms with E-state index in [-0.39, 0.29) is 17.8 Å². The van der Waals surface area contributed by atoms with Gasteiger partial charge in [0.15, 0.2) is 0 Å². The van der Waals surface area contributed by atoms with Crippen LogP contribution in [-0.4, -0.2) is 28.3 Å². The van der Waals surface area contributed by atoms with Crippen molar-refractivity contribution in [2.75, 3.05) is 17.6 Å². The molecule has 20 heavy (non-hydrogen) atoms. The molecule has 0 amide bonds. The number of aromatic carboxylic acids is 1. The van der Waals surface area contributed by atoms with Gasteiger partial charge in [-0.05, 0) is 31.4 Å². The number of aliphatic hydroxyl groups is 1. The molecule has 0 fully saturated rings. The molecule has 5 N–H and O–H groups in total. The Morgan fingerprint density at radius 2 is 2.10 bits per heavy atom. The Kier molecular flexibility index (Phi) is 4.94. The first-order valence-corrected chi connectivity index (χ1v) is 6.41. The van der Waals surface area contributed by atoms with Gasteiger partial charge in [0.2, 0.25) is 0 Å². The fourth-order valence-electron chi connectivity index (χ4n) is 2.21. The fourth-order valence-corrected chi connectivity index (χ4v) is 2.21. The Morgan fingerprint density at radius 3 is 2.60 bits per heavy atom. The van der Waals surface area contributed by atoms with E-state index in [0.29, 0.717) is 12.3 Å². The van der Waals surface area contributed by atoms with Crippen LogP contribution in [-0.2, 0) is 0 Å². The van der Waals surface area contributed by atoms with Gasteiger partial charge in [0, 0.05) is 6.54 Å². The highest BCUT2D eigenvalue weighted by Crippen LogP contribution is 2.26. The van der Waals surface area contributed by atoms with Crippen molar-refractivity contribution < 1.29 is 19.4 Å². The molecule has 5 nitrogen and oxygen atoms in total. The number of carbonyl (C=O) groups is 1. The zero-order chi connectivity index (χ0) is 15.5. The average Bonchev–Trinajstić information content (AvgIpc) is 2.28. The highest BCUT2D eigenvalue weighted by molar-refractivity contribution is 6.00. The van der Waals surface area contributed by atoms with Gasteiger partial charge in [-0.3, -0.25) is 0 Å². The number of carboxylic acid groups (broad SMARTS) is 1. The zero-order valence-corrected chi connectivity index (χ0v) is 11.9. The normalized spacial score (nSPS) is 14.1. The van der Waals surface area contributed by atoms with E-state index in [1.165, 1.54) is 6.07 Å². The van der Waals surface area contributed by atoms with Gasteiger partial charge in [-0.1, -0.05) is 13.8 Å². The first-order valence-electron chi connectivity index (χ1n) is 6.41. The minimum atomic E-state index is -1.31. The topological polar surface area (TPSA) is 95.6 Å². The molecule has 0 aliphatic rings. The van der Waals surface area contributed by atoms with Crippen LogP contribution in [0.15, 0.2) is 12.1 Å². The number of nitrogen functional groups attached to an aromatic ring is 1. The van der Waals surface area contributed by atoms with Gasteiger partial charge in [0.05, 0.1) is 17.0 Å². The maximum atomic E-state index is 13.3. The molecule has 1 aromatic carbocycles. The van der Waals surface area contributed by atoms with E-state index >= 15 is 0 Å². The molecule has 1 atom stereocenters. The Hall–Kier alpha value is -1.82. The molecule has 0 radical (unpaired) electrons. The van der Waals surface area contributed by atoms with Gasteiger partial charge in [0.1, 0.15) is 11.4 Å². The summed E-state index contributed by atoms with van der Waals surface area (Å²) in [6.07, 6.45) is 0.555. The van der Waals surface area contributed by atoms with Crippen molar-refractivity contribution in [2.24, 2.45) is 5.92 Å². The Labute approximate surface area is 117 Å². The number of halogens is 1. The molecule has 0 saturated carbocycles. The predicted octanol–water partition coefficient (Wildman–Crippen LogP) is 2.32. The Balaban J connectivity index is 2.94. The molecule has 0 aliphatic heterocycles. The lowest BCUT2D eigenvalue weighted by Crippen LogP contribution is -2.35. The van der Waals surface area contributed by atoms with Crippen LogP contribution in [0, 0.1) is 11.7 Å². The number of benzene rings is 1. The summed E-state index contributed by atoms with van der Waals surface area (Å²) in [5, 5.41) is 22.1. The predicted molar refractivity (Wildman–Crippen MR) is 76.3 cm³/mol. The van der Waals surface area contributed by atoms with Crippen molar-refractivity contribution in [3.05, 3.63) is 23.5 Å². The number of carboxylic acids is 1. The van der Waals surface area contributed by atoms with E-state index in [9.17, 15) is 14.3 Å². The molecule has 0 aliphatic carbocycles. The van der Waals surface area contributed by atoms with Crippen molar-refractivity contribution in [2.45, 2.75) is 32.8 Å². The Bertz CT molecular complexity index is 501. The lowest BCUT2D eigenvalue weighted by atomic mass is 9.94. The van der Waals surface area contributed by atoms with Crippen LogP contribution in [0.4, 0.5) is 15.8 Å². The Morgan fingerprint density at radius 1 is 1.50 bits per heavy atom. The van der Waals surface area contributed by atoms with Crippen LogP contribution in [0.1, 0.15) is 37.6 Å². The molecule has 1 rings (SSSR count). The van der Waals surface area contributed by atoms with E-state index in [0.717, 1.165) is 6.07 Å². The molecule has 112 valence electrons. The molecule has 1 unspecified atom stereocenters. The number of nitrogens with one attached hydrogen (secondary N) is 1. The highest BCUT2D eigenvalue weighted by Gasteiger charge is 2.23. The van der Waals surface area contributed by atoms with E-state index < -0.39 is 23.1 Å². The molecule has 0 aromatic heterocycles. The third-order valence-electron chi connectivity index (χ3n) is 2.91. The standard InChI is InChI=1S/C14H21FN2O3/c1-8(2)6-14(3,20)7-17-10-5-4-9(15)12(16)11(10)13(18)19/h4-5,8,17,20H,6-7,16H2,1-3H3,(H,18,19). The lowest BCUT2D eigenvalue weighted by Gasteiger charge is -2.26. The van der Waals surface area contributed by atoms with Crippen LogP contribution in [0.25, 0.3) is 0 Å². The number of hydrogen-bond acceptors (Lipinski definition) is 4. The quantitative estimate of drug-likeness (QED) is 0.601. The summed E-state index contributed by atoms with van der Waals surface area (Å²) >= 11 is 0. The molecule has 6 heteroatoms. The SMILES string of the molecule is CC(C)CC(C)(O)CNc1ccc(F)c(N)c1C(=O)O. The van der Waals surface area contributed by atoms with Crippen LogP contribution >= 0.6 is 0 Å². The highest BCUT2D eigenvalue weighted by atomic mass is 19.1. The summed E-state index contributed by atoms with van der Waals surface area (Å²) in [4.78, 5) is 11.1. The van der Waals surface area contributed by atoms with Crippen molar-refractivity contribution >= 4 is 17.3 Å². The van der Waals surface area contributed by atoms with Crippen molar-refractivity contribution in [1.29, 1.82) is 0 Å². The van der Waals surface area contributed by atoms with Crippen molar-refractivity contribution in [1.82, 2.24) is 0 Å². The molecular formula is C14H21FN2O3.